The SMILES string of the molecule is Cc1ccc(NC2CCCC2)c(C)c1O. The van der Waals surface area contributed by atoms with Crippen molar-refractivity contribution in [2.45, 2.75) is 45.6 Å². The number of aromatic hydroxyl groups is 1. The summed E-state index contributed by atoms with van der Waals surface area (Å²) in [5.74, 6) is 0.429. The highest BCUT2D eigenvalue weighted by Crippen LogP contribution is 2.30. The lowest BCUT2D eigenvalue weighted by Gasteiger charge is -2.17. The van der Waals surface area contributed by atoms with Gasteiger partial charge in [0.25, 0.3) is 0 Å². The van der Waals surface area contributed by atoms with Gasteiger partial charge in [-0.15, -0.1) is 0 Å². The Morgan fingerprint density at radius 2 is 1.87 bits per heavy atom. The molecular weight excluding hydrogens is 186 g/mol. The largest absolute Gasteiger partial charge is 0.507 e. The fourth-order valence-corrected chi connectivity index (χ4v) is 2.28. The van der Waals surface area contributed by atoms with Crippen molar-refractivity contribution in [1.82, 2.24) is 0 Å². The third-order valence-electron chi connectivity index (χ3n) is 3.35. The van der Waals surface area contributed by atoms with Crippen LogP contribution in [0.5, 0.6) is 5.75 Å². The zero-order chi connectivity index (χ0) is 10.8. The summed E-state index contributed by atoms with van der Waals surface area (Å²) in [6.45, 7) is 3.90. The number of hydrogen-bond acceptors (Lipinski definition) is 2. The van der Waals surface area contributed by atoms with E-state index in [4.69, 9.17) is 0 Å². The minimum absolute atomic E-state index is 0.429. The Labute approximate surface area is 91.3 Å². The smallest absolute Gasteiger partial charge is 0.123 e. The van der Waals surface area contributed by atoms with Crippen molar-refractivity contribution >= 4 is 5.69 Å². The molecule has 0 aromatic heterocycles. The van der Waals surface area contributed by atoms with E-state index in [0.717, 1.165) is 16.8 Å². The van der Waals surface area contributed by atoms with E-state index in [1.165, 1.54) is 25.7 Å². The van der Waals surface area contributed by atoms with Crippen LogP contribution in [0.4, 0.5) is 5.69 Å². The van der Waals surface area contributed by atoms with Gasteiger partial charge in [-0.2, -0.15) is 0 Å². The number of benzene rings is 1. The van der Waals surface area contributed by atoms with Crippen LogP contribution in [-0.4, -0.2) is 11.1 Å². The van der Waals surface area contributed by atoms with E-state index in [0.29, 0.717) is 11.8 Å². The quantitative estimate of drug-likeness (QED) is 0.776. The second-order valence-corrected chi connectivity index (χ2v) is 4.53. The maximum absolute atomic E-state index is 9.82. The Morgan fingerprint density at radius 3 is 2.53 bits per heavy atom. The average Bonchev–Trinajstić information content (AvgIpc) is 2.72. The first-order valence-corrected chi connectivity index (χ1v) is 5.74. The number of nitrogens with one attached hydrogen (secondary N) is 1. The first-order valence-electron chi connectivity index (χ1n) is 5.74. The Bertz CT molecular complexity index is 354. The second-order valence-electron chi connectivity index (χ2n) is 4.53. The van der Waals surface area contributed by atoms with Crippen molar-refractivity contribution in [2.75, 3.05) is 5.32 Å². The zero-order valence-electron chi connectivity index (χ0n) is 9.51. The highest BCUT2D eigenvalue weighted by Gasteiger charge is 2.16. The molecule has 0 heterocycles. The van der Waals surface area contributed by atoms with Gasteiger partial charge in [-0.3, -0.25) is 0 Å². The van der Waals surface area contributed by atoms with E-state index < -0.39 is 0 Å². The molecule has 0 amide bonds. The van der Waals surface area contributed by atoms with Crippen molar-refractivity contribution in [3.63, 3.8) is 0 Å². The fourth-order valence-electron chi connectivity index (χ4n) is 2.28. The molecule has 1 fully saturated rings. The van der Waals surface area contributed by atoms with Gasteiger partial charge in [0.15, 0.2) is 0 Å². The van der Waals surface area contributed by atoms with Gasteiger partial charge in [-0.25, -0.2) is 0 Å². The Hall–Kier alpha value is -1.18. The summed E-state index contributed by atoms with van der Waals surface area (Å²) < 4.78 is 0. The average molecular weight is 205 g/mol. The molecule has 2 rings (SSSR count). The van der Waals surface area contributed by atoms with Crippen LogP contribution in [0.15, 0.2) is 12.1 Å². The lowest BCUT2D eigenvalue weighted by molar-refractivity contribution is 0.467. The summed E-state index contributed by atoms with van der Waals surface area (Å²) >= 11 is 0. The summed E-state index contributed by atoms with van der Waals surface area (Å²) in [7, 11) is 0. The Morgan fingerprint density at radius 1 is 1.20 bits per heavy atom. The van der Waals surface area contributed by atoms with Crippen LogP contribution in [-0.2, 0) is 0 Å². The molecule has 0 bridgehead atoms. The third-order valence-corrected chi connectivity index (χ3v) is 3.35. The van der Waals surface area contributed by atoms with Crippen LogP contribution in [0.1, 0.15) is 36.8 Å². The maximum Gasteiger partial charge on any atom is 0.123 e. The number of rotatable bonds is 2. The molecule has 2 nitrogen and oxygen atoms in total. The zero-order valence-corrected chi connectivity index (χ0v) is 9.51. The number of phenols is 1. The van der Waals surface area contributed by atoms with Crippen LogP contribution in [0.25, 0.3) is 0 Å². The predicted octanol–water partition coefficient (Wildman–Crippen LogP) is 3.36. The molecule has 0 aliphatic heterocycles. The van der Waals surface area contributed by atoms with Crippen LogP contribution >= 0.6 is 0 Å². The minimum Gasteiger partial charge on any atom is -0.507 e. The van der Waals surface area contributed by atoms with E-state index >= 15 is 0 Å². The third kappa shape index (κ3) is 2.09. The number of hydrogen-bond donors (Lipinski definition) is 2. The standard InChI is InChI=1S/C13H19NO/c1-9-7-8-12(10(2)13(9)15)14-11-5-3-4-6-11/h7-8,11,14-15H,3-6H2,1-2H3. The van der Waals surface area contributed by atoms with Crippen molar-refractivity contribution in [3.05, 3.63) is 23.3 Å². The molecule has 82 valence electrons. The van der Waals surface area contributed by atoms with Gasteiger partial charge >= 0.3 is 0 Å². The van der Waals surface area contributed by atoms with Gasteiger partial charge in [-0.1, -0.05) is 18.9 Å². The summed E-state index contributed by atoms with van der Waals surface area (Å²) in [5, 5.41) is 13.3. The van der Waals surface area contributed by atoms with E-state index in [1.807, 2.05) is 19.9 Å². The molecule has 1 saturated carbocycles. The topological polar surface area (TPSA) is 32.3 Å². The van der Waals surface area contributed by atoms with Gasteiger partial charge in [0.05, 0.1) is 0 Å². The van der Waals surface area contributed by atoms with E-state index in [-0.39, 0.29) is 0 Å². The normalized spacial score (nSPS) is 16.9. The molecule has 1 aliphatic rings. The molecule has 0 saturated heterocycles. The van der Waals surface area contributed by atoms with Crippen molar-refractivity contribution in [3.8, 4) is 5.75 Å². The second kappa shape index (κ2) is 4.13. The van der Waals surface area contributed by atoms with Crippen LogP contribution in [0.3, 0.4) is 0 Å². The Kier molecular flexibility index (Phi) is 2.85. The molecule has 0 spiro atoms. The van der Waals surface area contributed by atoms with Gasteiger partial charge in [-0.05, 0) is 38.3 Å². The molecule has 1 aromatic carbocycles. The summed E-state index contributed by atoms with van der Waals surface area (Å²) in [6, 6.07) is 4.65. The molecular formula is C13H19NO. The monoisotopic (exact) mass is 205 g/mol. The van der Waals surface area contributed by atoms with E-state index in [1.54, 1.807) is 0 Å². The highest BCUT2D eigenvalue weighted by atomic mass is 16.3. The van der Waals surface area contributed by atoms with E-state index in [9.17, 15) is 5.11 Å². The number of aryl methyl sites for hydroxylation is 1. The van der Waals surface area contributed by atoms with Crippen LogP contribution in [0.2, 0.25) is 0 Å². The maximum atomic E-state index is 9.82. The predicted molar refractivity (Wildman–Crippen MR) is 63.5 cm³/mol. The molecule has 15 heavy (non-hydrogen) atoms. The summed E-state index contributed by atoms with van der Waals surface area (Å²) in [5.41, 5.74) is 3.01. The first kappa shape index (κ1) is 10.3. The van der Waals surface area contributed by atoms with Gasteiger partial charge < -0.3 is 10.4 Å². The number of phenolic OH excluding ortho intramolecular Hbond substituents is 1. The lowest BCUT2D eigenvalue weighted by atomic mass is 10.1. The fraction of sp³-hybridized carbons (Fsp3) is 0.538. The van der Waals surface area contributed by atoms with Crippen molar-refractivity contribution in [2.24, 2.45) is 0 Å². The number of anilines is 1. The van der Waals surface area contributed by atoms with Gasteiger partial charge in [0, 0.05) is 17.3 Å². The van der Waals surface area contributed by atoms with Gasteiger partial charge in [0.1, 0.15) is 5.75 Å². The summed E-state index contributed by atoms with van der Waals surface area (Å²) in [4.78, 5) is 0. The molecule has 1 aliphatic carbocycles. The molecule has 1 aromatic rings. The molecule has 0 atom stereocenters. The van der Waals surface area contributed by atoms with Crippen molar-refractivity contribution in [1.29, 1.82) is 0 Å². The molecule has 2 N–H and O–H groups in total. The summed E-state index contributed by atoms with van der Waals surface area (Å²) in [6.07, 6.45) is 5.17. The van der Waals surface area contributed by atoms with Crippen LogP contribution < -0.4 is 5.32 Å². The molecule has 0 radical (unpaired) electrons. The minimum atomic E-state index is 0.429. The van der Waals surface area contributed by atoms with Crippen LogP contribution in [0, 0.1) is 13.8 Å². The molecule has 0 unspecified atom stereocenters. The van der Waals surface area contributed by atoms with Crippen molar-refractivity contribution < 1.29 is 5.11 Å². The van der Waals surface area contributed by atoms with Gasteiger partial charge in [0.2, 0.25) is 0 Å². The lowest BCUT2D eigenvalue weighted by Crippen LogP contribution is -2.15. The Balaban J connectivity index is 2.17. The molecule has 2 heteroatoms. The first-order chi connectivity index (χ1) is 7.18. The van der Waals surface area contributed by atoms with E-state index in [2.05, 4.69) is 11.4 Å². The highest BCUT2D eigenvalue weighted by molar-refractivity contribution is 5.59.